The second-order valence-electron chi connectivity index (χ2n) is 9.23. The molecular formula is C29H28FN3O5. The molecule has 1 aliphatic rings. The molecule has 0 aliphatic carbocycles. The van der Waals surface area contributed by atoms with Gasteiger partial charge in [0.25, 0.3) is 12.5 Å². The molecule has 9 heteroatoms. The van der Waals surface area contributed by atoms with Crippen LogP contribution in [0.15, 0.2) is 71.1 Å². The van der Waals surface area contributed by atoms with Crippen LogP contribution in [0.4, 0.5) is 16.1 Å². The molecule has 0 amide bonds. The zero-order valence-electron chi connectivity index (χ0n) is 21.1. The maximum absolute atomic E-state index is 15.1. The number of para-hydroxylation sites is 1. The minimum Gasteiger partial charge on any atom is -0.465 e. The minimum atomic E-state index is -1.79. The molecule has 1 aliphatic heterocycles. The molecule has 5 rings (SSSR count). The van der Waals surface area contributed by atoms with Crippen LogP contribution in [-0.2, 0) is 16.0 Å². The summed E-state index contributed by atoms with van der Waals surface area (Å²) in [7, 11) is 1.29. The Hall–Kier alpha value is -4.24. The molecule has 8 nitrogen and oxygen atoms in total. The van der Waals surface area contributed by atoms with Crippen molar-refractivity contribution in [1.29, 1.82) is 0 Å². The number of carbonyl (C=O) groups excluding carboxylic acids is 2. The van der Waals surface area contributed by atoms with E-state index in [1.54, 1.807) is 6.07 Å². The van der Waals surface area contributed by atoms with E-state index in [1.807, 2.05) is 43.3 Å². The summed E-state index contributed by atoms with van der Waals surface area (Å²) in [5, 5.41) is 3.19. The first kappa shape index (κ1) is 25.4. The minimum absolute atomic E-state index is 0.0908. The lowest BCUT2D eigenvalue weighted by molar-refractivity contribution is -0.133. The number of Topliss-reactive ketones (excluding diaryl/α,β-unsaturated/α-hetero) is 1. The molecule has 1 aromatic heterocycles. The van der Waals surface area contributed by atoms with Crippen molar-refractivity contribution < 1.29 is 27.9 Å². The first-order chi connectivity index (χ1) is 18.4. The molecule has 1 fully saturated rings. The molecule has 196 valence electrons. The first-order valence-corrected chi connectivity index (χ1v) is 12.4. The number of halogens is 1. The Bertz CT molecular complexity index is 1450. The van der Waals surface area contributed by atoms with Crippen LogP contribution in [0.3, 0.4) is 0 Å². The van der Waals surface area contributed by atoms with Crippen molar-refractivity contribution in [2.45, 2.75) is 38.7 Å². The lowest BCUT2D eigenvalue weighted by Crippen LogP contribution is -2.44. The number of esters is 1. The largest absolute Gasteiger partial charge is 0.465 e. The lowest BCUT2D eigenvalue weighted by atomic mass is 10.0. The van der Waals surface area contributed by atoms with Crippen molar-refractivity contribution in [2.75, 3.05) is 19.0 Å². The van der Waals surface area contributed by atoms with E-state index >= 15 is 4.39 Å². The average molecular weight is 518 g/mol. The van der Waals surface area contributed by atoms with Gasteiger partial charge in [0.05, 0.1) is 18.7 Å². The van der Waals surface area contributed by atoms with Gasteiger partial charge in [-0.15, -0.1) is 0 Å². The third kappa shape index (κ3) is 5.52. The number of aromatic nitrogens is 1. The normalized spacial score (nSPS) is 16.3. The van der Waals surface area contributed by atoms with Crippen molar-refractivity contribution in [3.63, 3.8) is 0 Å². The van der Waals surface area contributed by atoms with Crippen molar-refractivity contribution in [2.24, 2.45) is 0 Å². The zero-order valence-corrected chi connectivity index (χ0v) is 21.1. The average Bonchev–Trinajstić information content (AvgIpc) is 3.57. The summed E-state index contributed by atoms with van der Waals surface area (Å²) in [6, 6.07) is 19.1. The van der Waals surface area contributed by atoms with Gasteiger partial charge < -0.3 is 19.2 Å². The molecule has 1 N–H and O–H groups in total. The van der Waals surface area contributed by atoms with E-state index in [2.05, 4.69) is 15.0 Å². The lowest BCUT2D eigenvalue weighted by Gasteiger charge is -2.27. The van der Waals surface area contributed by atoms with Crippen LogP contribution in [0.2, 0.25) is 0 Å². The molecule has 0 unspecified atom stereocenters. The molecule has 3 aromatic carbocycles. The van der Waals surface area contributed by atoms with Crippen LogP contribution in [0.1, 0.15) is 34.3 Å². The van der Waals surface area contributed by atoms with E-state index in [0.29, 0.717) is 42.1 Å². The van der Waals surface area contributed by atoms with Gasteiger partial charge in [0.2, 0.25) is 0 Å². The van der Waals surface area contributed by atoms with E-state index < -0.39 is 18.5 Å². The zero-order chi connectivity index (χ0) is 26.6. The molecule has 2 atom stereocenters. The summed E-state index contributed by atoms with van der Waals surface area (Å²) < 4.78 is 31.1. The number of likely N-dealkylation sites (tertiary alicyclic amines) is 1. The standard InChI is InChI=1S/C29H28FN3O5/c1-18-6-3-4-7-22(18)31-29-32-23-14-9-19(17-26(23)38-29)16-25(34)24-8-5-15-33(24)28(30)37-21-12-10-20(11-13-21)27(35)36-2/h3-4,6-7,9-14,17,24,28H,5,8,15-16H2,1-2H3,(H,31,32)/t24-,28-/m0/s1. The Morgan fingerprint density at radius 1 is 1.16 bits per heavy atom. The molecular weight excluding hydrogens is 489 g/mol. The Kier molecular flexibility index (Phi) is 7.37. The fourth-order valence-electron chi connectivity index (χ4n) is 4.63. The van der Waals surface area contributed by atoms with Gasteiger partial charge in [0.1, 0.15) is 11.3 Å². The number of anilines is 2. The number of oxazole rings is 1. The Morgan fingerprint density at radius 3 is 2.71 bits per heavy atom. The molecule has 4 aromatic rings. The second-order valence-corrected chi connectivity index (χ2v) is 9.23. The van der Waals surface area contributed by atoms with Gasteiger partial charge in [0, 0.05) is 18.7 Å². The van der Waals surface area contributed by atoms with Crippen LogP contribution < -0.4 is 10.1 Å². The van der Waals surface area contributed by atoms with Crippen LogP contribution in [0, 0.1) is 6.92 Å². The maximum atomic E-state index is 15.1. The summed E-state index contributed by atoms with van der Waals surface area (Å²) in [4.78, 5) is 30.7. The van der Waals surface area contributed by atoms with Crippen molar-refractivity contribution in [1.82, 2.24) is 9.88 Å². The molecule has 0 radical (unpaired) electrons. The Labute approximate surface area is 219 Å². The molecule has 1 saturated heterocycles. The quantitative estimate of drug-likeness (QED) is 0.227. The number of hydrogen-bond acceptors (Lipinski definition) is 8. The highest BCUT2D eigenvalue weighted by molar-refractivity contribution is 5.89. The molecule has 0 spiro atoms. The van der Waals surface area contributed by atoms with Gasteiger partial charge in [-0.2, -0.15) is 9.37 Å². The monoisotopic (exact) mass is 517 g/mol. The number of fused-ring (bicyclic) bond motifs is 1. The third-order valence-electron chi connectivity index (χ3n) is 6.65. The van der Waals surface area contributed by atoms with E-state index in [-0.39, 0.29) is 18.0 Å². The van der Waals surface area contributed by atoms with Crippen LogP contribution in [0.25, 0.3) is 11.1 Å². The molecule has 0 bridgehead atoms. The number of hydrogen-bond donors (Lipinski definition) is 1. The summed E-state index contributed by atoms with van der Waals surface area (Å²) in [5.74, 6) is -0.318. The maximum Gasteiger partial charge on any atom is 0.337 e. The number of rotatable bonds is 9. The fourth-order valence-corrected chi connectivity index (χ4v) is 4.63. The Morgan fingerprint density at radius 2 is 1.95 bits per heavy atom. The Balaban J connectivity index is 1.23. The van der Waals surface area contributed by atoms with E-state index in [0.717, 1.165) is 16.8 Å². The fraction of sp³-hybridized carbons (Fsp3) is 0.276. The van der Waals surface area contributed by atoms with Gasteiger partial charge in [-0.05, 0) is 73.4 Å². The second kappa shape index (κ2) is 11.0. The summed E-state index contributed by atoms with van der Waals surface area (Å²) in [6.45, 7) is 0.615. The van der Waals surface area contributed by atoms with E-state index in [9.17, 15) is 9.59 Å². The smallest absolute Gasteiger partial charge is 0.337 e. The van der Waals surface area contributed by atoms with Crippen molar-refractivity contribution >= 4 is 34.6 Å². The number of alkyl halides is 1. The summed E-state index contributed by atoms with van der Waals surface area (Å²) >= 11 is 0. The number of ether oxygens (including phenoxy) is 2. The highest BCUT2D eigenvalue weighted by atomic mass is 19.1. The van der Waals surface area contributed by atoms with E-state index in [1.165, 1.54) is 36.3 Å². The van der Waals surface area contributed by atoms with Crippen molar-refractivity contribution in [3.8, 4) is 5.75 Å². The van der Waals surface area contributed by atoms with Crippen LogP contribution in [-0.4, -0.2) is 47.8 Å². The summed E-state index contributed by atoms with van der Waals surface area (Å²) in [6.07, 6.45) is 1.38. The third-order valence-corrected chi connectivity index (χ3v) is 6.65. The number of aryl methyl sites for hydroxylation is 1. The van der Waals surface area contributed by atoms with Gasteiger partial charge in [-0.25, -0.2) is 9.69 Å². The highest BCUT2D eigenvalue weighted by Gasteiger charge is 2.36. The topological polar surface area (TPSA) is 93.9 Å². The number of benzene rings is 3. The number of methoxy groups -OCH3 is 1. The summed E-state index contributed by atoms with van der Waals surface area (Å²) in [5.41, 5.74) is 4.31. The van der Waals surface area contributed by atoms with Gasteiger partial charge in [-0.1, -0.05) is 24.3 Å². The number of carbonyl (C=O) groups is 2. The molecule has 2 heterocycles. The van der Waals surface area contributed by atoms with E-state index in [4.69, 9.17) is 9.15 Å². The number of nitrogens with zero attached hydrogens (tertiary/aromatic N) is 2. The molecule has 38 heavy (non-hydrogen) atoms. The van der Waals surface area contributed by atoms with Crippen LogP contribution in [0.5, 0.6) is 5.75 Å². The molecule has 0 saturated carbocycles. The van der Waals surface area contributed by atoms with Gasteiger partial charge >= 0.3 is 5.97 Å². The predicted molar refractivity (Wildman–Crippen MR) is 140 cm³/mol. The SMILES string of the molecule is COC(=O)c1ccc(O[C@@H](F)N2CCC[C@H]2C(=O)Cc2ccc3nc(Nc4ccccc4C)oc3c2)cc1. The number of ketones is 1. The van der Waals surface area contributed by atoms with Crippen LogP contribution >= 0.6 is 0 Å². The number of nitrogens with one attached hydrogen (secondary N) is 1. The highest BCUT2D eigenvalue weighted by Crippen LogP contribution is 2.28. The predicted octanol–water partition coefficient (Wildman–Crippen LogP) is 5.57. The van der Waals surface area contributed by atoms with Crippen molar-refractivity contribution in [3.05, 3.63) is 83.4 Å². The first-order valence-electron chi connectivity index (χ1n) is 12.4. The van der Waals surface area contributed by atoms with Gasteiger partial charge in [0.15, 0.2) is 11.4 Å². The van der Waals surface area contributed by atoms with Gasteiger partial charge in [-0.3, -0.25) is 4.79 Å².